The second-order valence-corrected chi connectivity index (χ2v) is 13.9. The number of aromatic hydroxyl groups is 2. The van der Waals surface area contributed by atoms with E-state index < -0.39 is 42.7 Å². The molecule has 0 unspecified atom stereocenters. The van der Waals surface area contributed by atoms with Crippen molar-refractivity contribution in [2.24, 2.45) is 0 Å². The maximum absolute atomic E-state index is 11.9. The van der Waals surface area contributed by atoms with Crippen molar-refractivity contribution in [3.63, 3.8) is 0 Å². The fourth-order valence-corrected chi connectivity index (χ4v) is 6.60. The molecule has 4 rings (SSSR count). The monoisotopic (exact) mass is 577 g/mol. The lowest BCUT2D eigenvalue weighted by Crippen LogP contribution is -2.29. The van der Waals surface area contributed by atoms with Gasteiger partial charge in [0.05, 0.1) is 11.2 Å². The van der Waals surface area contributed by atoms with E-state index >= 15 is 0 Å². The maximum Gasteiger partial charge on any atom is 0.326 e. The van der Waals surface area contributed by atoms with Crippen molar-refractivity contribution < 1.29 is 40.7 Å². The first kappa shape index (κ1) is 28.8. The number of hydrogen-bond donors (Lipinski definition) is 4. The van der Waals surface area contributed by atoms with Crippen LogP contribution in [0.5, 0.6) is 11.5 Å². The van der Waals surface area contributed by atoms with Crippen LogP contribution in [0.15, 0.2) is 60.3 Å². The molecule has 2 aliphatic heterocycles. The smallest absolute Gasteiger partial charge is 0.326 e. The Labute approximate surface area is 228 Å². The first-order valence-electron chi connectivity index (χ1n) is 12.3. The Bertz CT molecular complexity index is 1640. The molecule has 2 heterocycles. The highest BCUT2D eigenvalue weighted by Gasteiger charge is 2.46. The van der Waals surface area contributed by atoms with Gasteiger partial charge in [0.1, 0.15) is 11.5 Å². The van der Waals surface area contributed by atoms with Crippen molar-refractivity contribution >= 4 is 37.3 Å². The van der Waals surface area contributed by atoms with Crippen molar-refractivity contribution in [2.45, 2.75) is 44.9 Å². The topological polar surface area (TPSA) is 155 Å². The average Bonchev–Trinajstić information content (AvgIpc) is 3.11. The van der Waals surface area contributed by atoms with Gasteiger partial charge in [0.15, 0.2) is 5.71 Å². The van der Waals surface area contributed by atoms with Gasteiger partial charge in [-0.1, -0.05) is 19.9 Å². The van der Waals surface area contributed by atoms with Crippen molar-refractivity contribution in [3.05, 3.63) is 71.5 Å². The molecule has 210 valence electrons. The second kappa shape index (κ2) is 9.77. The first-order valence-corrected chi connectivity index (χ1v) is 15.5. The molecule has 0 fully saturated rings. The summed E-state index contributed by atoms with van der Waals surface area (Å²) in [6.45, 7) is 8.03. The zero-order chi connectivity index (χ0) is 29.0. The molecule has 0 aliphatic carbocycles. The Morgan fingerprint density at radius 3 is 2.10 bits per heavy atom. The Morgan fingerprint density at radius 2 is 1.49 bits per heavy atom. The summed E-state index contributed by atoms with van der Waals surface area (Å²) < 4.78 is 66.8. The molecule has 10 nitrogen and oxygen atoms in total. The molecule has 0 spiro atoms. The summed E-state index contributed by atoms with van der Waals surface area (Å²) in [5.41, 5.74) is 3.02. The highest BCUT2D eigenvalue weighted by molar-refractivity contribution is 7.85. The van der Waals surface area contributed by atoms with Gasteiger partial charge in [0, 0.05) is 41.1 Å². The Hall–Kier alpha value is -3.19. The summed E-state index contributed by atoms with van der Waals surface area (Å²) in [7, 11) is -8.52. The molecule has 0 atom stereocenters. The quantitative estimate of drug-likeness (QED) is 0.270. The van der Waals surface area contributed by atoms with Gasteiger partial charge in [-0.3, -0.25) is 9.11 Å². The number of anilines is 1. The van der Waals surface area contributed by atoms with E-state index in [0.717, 1.165) is 16.9 Å². The minimum atomic E-state index is -4.38. The summed E-state index contributed by atoms with van der Waals surface area (Å²) in [5, 5.41) is 20.2. The second-order valence-electron chi connectivity index (χ2n) is 10.9. The summed E-state index contributed by atoms with van der Waals surface area (Å²) in [6, 6.07) is 9.62. The van der Waals surface area contributed by atoms with Crippen molar-refractivity contribution in [1.29, 1.82) is 0 Å². The van der Waals surface area contributed by atoms with Crippen LogP contribution in [-0.2, 0) is 31.1 Å². The third-order valence-electron chi connectivity index (χ3n) is 7.34. The number of hydrogen-bond acceptors (Lipinski definition) is 7. The fraction of sp³-hybridized carbons (Fsp3) is 0.370. The number of nitrogens with zero attached hydrogens (tertiary/aromatic N) is 2. The molecule has 12 heteroatoms. The van der Waals surface area contributed by atoms with Crippen molar-refractivity contribution in [2.75, 3.05) is 23.1 Å². The van der Waals surface area contributed by atoms with Crippen LogP contribution in [0.4, 0.5) is 11.4 Å². The van der Waals surface area contributed by atoms with Crippen LogP contribution >= 0.6 is 0 Å². The number of allylic oxidation sites excluding steroid dienone is 4. The van der Waals surface area contributed by atoms with Crippen molar-refractivity contribution in [3.8, 4) is 11.5 Å². The van der Waals surface area contributed by atoms with Gasteiger partial charge in [-0.2, -0.15) is 21.4 Å². The summed E-state index contributed by atoms with van der Waals surface area (Å²) in [6.07, 6.45) is 5.53. The minimum absolute atomic E-state index is 0.0373. The van der Waals surface area contributed by atoms with E-state index in [1.54, 1.807) is 42.5 Å². The molecule has 0 bridgehead atoms. The van der Waals surface area contributed by atoms with Crippen LogP contribution in [-0.4, -0.2) is 64.6 Å². The third-order valence-corrected chi connectivity index (χ3v) is 8.72. The van der Waals surface area contributed by atoms with Crippen molar-refractivity contribution in [1.82, 2.24) is 0 Å². The minimum Gasteiger partial charge on any atom is -0.508 e. The molecule has 0 radical (unpaired) electrons. The Kier molecular flexibility index (Phi) is 7.22. The molecule has 2 aliphatic rings. The number of fused-ring (bicyclic) bond motifs is 2. The number of rotatable bonds is 8. The van der Waals surface area contributed by atoms with E-state index in [0.29, 0.717) is 23.5 Å². The summed E-state index contributed by atoms with van der Waals surface area (Å²) in [4.78, 5) is 1.94. The SMILES string of the molecule is CC1(C)C(/C=C/C=C2/N(CCCS(=O)(=O)O)c3ccc(O)cc3C2(C)C)=[N+](CS(=O)(=O)O)c2ccc(O)cc21. The van der Waals surface area contributed by atoms with Crippen LogP contribution in [0.25, 0.3) is 0 Å². The maximum atomic E-state index is 11.9. The molecular formula is C27H33N2O8S2+. The zero-order valence-corrected chi connectivity index (χ0v) is 23.8. The third kappa shape index (κ3) is 5.74. The predicted molar refractivity (Wildman–Crippen MR) is 149 cm³/mol. The standard InChI is InChI=1S/C27H32N2O8S2/c1-26(2)20-15-18(30)9-11-22(20)28(13-6-14-38(32,33)34)24(26)7-5-8-25-27(3,4)21-16-19(31)10-12-23(21)29(25)17-39(35,36)37/h5,7-12,15-16H,6,13-14,17H2,1-4H3,(H3-,30,31,32,33,34,35,36,37)/p+1. The molecule has 0 aromatic heterocycles. The van der Waals surface area contributed by atoms with Crippen LogP contribution in [0.2, 0.25) is 0 Å². The average molecular weight is 578 g/mol. The number of phenols is 2. The normalized spacial score (nSPS) is 19.2. The largest absolute Gasteiger partial charge is 0.508 e. The summed E-state index contributed by atoms with van der Waals surface area (Å²) >= 11 is 0. The fourth-order valence-electron chi connectivity index (χ4n) is 5.51. The van der Waals surface area contributed by atoms with Gasteiger partial charge >= 0.3 is 10.1 Å². The van der Waals surface area contributed by atoms with Crippen LogP contribution in [0.3, 0.4) is 0 Å². The van der Waals surface area contributed by atoms with E-state index in [2.05, 4.69) is 0 Å². The van der Waals surface area contributed by atoms with E-state index in [1.807, 2.05) is 38.7 Å². The molecule has 2 aromatic rings. The molecule has 4 N–H and O–H groups in total. The Morgan fingerprint density at radius 1 is 0.872 bits per heavy atom. The first-order chi connectivity index (χ1) is 17.9. The molecule has 2 aromatic carbocycles. The van der Waals surface area contributed by atoms with Crippen LogP contribution in [0, 0.1) is 0 Å². The lowest BCUT2D eigenvalue weighted by atomic mass is 9.81. The summed E-state index contributed by atoms with van der Waals surface area (Å²) in [5.74, 6) is -0.929. The number of phenolic OH excluding ortho intramolecular Hbond substituents is 2. The van der Waals surface area contributed by atoms with Gasteiger partial charge in [-0.25, -0.2) is 0 Å². The van der Waals surface area contributed by atoms with E-state index in [4.69, 9.17) is 0 Å². The predicted octanol–water partition coefficient (Wildman–Crippen LogP) is 3.84. The lowest BCUT2D eigenvalue weighted by Gasteiger charge is -2.27. The molecule has 0 amide bonds. The lowest BCUT2D eigenvalue weighted by molar-refractivity contribution is -0.416. The molecule has 0 saturated heterocycles. The Balaban J connectivity index is 1.79. The highest BCUT2D eigenvalue weighted by Crippen LogP contribution is 2.49. The van der Waals surface area contributed by atoms with Gasteiger partial charge in [-0.05, 0) is 62.2 Å². The zero-order valence-electron chi connectivity index (χ0n) is 22.2. The molecule has 0 saturated carbocycles. The van der Waals surface area contributed by atoms with Crippen LogP contribution in [0.1, 0.15) is 45.2 Å². The highest BCUT2D eigenvalue weighted by atomic mass is 32.2. The molecular weight excluding hydrogens is 544 g/mol. The molecule has 39 heavy (non-hydrogen) atoms. The van der Waals surface area contributed by atoms with Gasteiger partial charge in [0.25, 0.3) is 16.0 Å². The van der Waals surface area contributed by atoms with Gasteiger partial charge < -0.3 is 15.1 Å². The van der Waals surface area contributed by atoms with E-state index in [1.165, 1.54) is 10.6 Å². The van der Waals surface area contributed by atoms with Gasteiger partial charge in [-0.15, -0.1) is 0 Å². The van der Waals surface area contributed by atoms with E-state index in [-0.39, 0.29) is 17.9 Å². The van der Waals surface area contributed by atoms with E-state index in [9.17, 15) is 36.2 Å². The van der Waals surface area contributed by atoms with Gasteiger partial charge in [0.2, 0.25) is 5.69 Å². The number of benzene rings is 2. The van der Waals surface area contributed by atoms with Crippen LogP contribution < -0.4 is 4.90 Å².